The minimum Gasteiger partial charge on any atom is -0.493 e. The van der Waals surface area contributed by atoms with E-state index >= 15 is 0 Å². The Kier molecular flexibility index (Phi) is 6.71. The molecule has 0 aromatic heterocycles. The Hall–Kier alpha value is -2.44. The summed E-state index contributed by atoms with van der Waals surface area (Å²) in [5.74, 6) is 1.29. The second-order valence-electron chi connectivity index (χ2n) is 5.28. The van der Waals surface area contributed by atoms with Crippen LogP contribution in [0.5, 0.6) is 17.2 Å². The number of nitro groups is 1. The fourth-order valence-corrected chi connectivity index (χ4v) is 2.72. The van der Waals surface area contributed by atoms with Crippen LogP contribution in [0.15, 0.2) is 36.0 Å². The van der Waals surface area contributed by atoms with Gasteiger partial charge in [-0.2, -0.15) is 0 Å². The third-order valence-electron chi connectivity index (χ3n) is 3.62. The van der Waals surface area contributed by atoms with E-state index in [4.69, 9.17) is 37.4 Å². The van der Waals surface area contributed by atoms with Gasteiger partial charge in [0, 0.05) is 6.08 Å². The molecule has 2 rings (SSSR count). The number of nitrogens with zero attached hydrogens (tertiary/aromatic N) is 1. The molecule has 2 aromatic carbocycles. The minimum atomic E-state index is -0.439. The normalized spacial score (nSPS) is 11.2. The highest BCUT2D eigenvalue weighted by atomic mass is 35.5. The predicted octanol–water partition coefficient (Wildman–Crippen LogP) is 4.88. The van der Waals surface area contributed by atoms with E-state index < -0.39 is 4.92 Å². The Bertz CT molecular complexity index is 826. The van der Waals surface area contributed by atoms with Crippen molar-refractivity contribution in [2.45, 2.75) is 6.42 Å². The summed E-state index contributed by atoms with van der Waals surface area (Å²) in [6.45, 7) is 0. The van der Waals surface area contributed by atoms with Gasteiger partial charge >= 0.3 is 0 Å². The zero-order valence-corrected chi connectivity index (χ0v) is 15.9. The Morgan fingerprint density at radius 1 is 1.04 bits per heavy atom. The van der Waals surface area contributed by atoms with Crippen molar-refractivity contribution in [2.75, 3.05) is 21.3 Å². The monoisotopic (exact) mass is 397 g/mol. The molecule has 0 amide bonds. The van der Waals surface area contributed by atoms with Gasteiger partial charge in [0.15, 0.2) is 11.5 Å². The van der Waals surface area contributed by atoms with Crippen LogP contribution in [0.3, 0.4) is 0 Å². The predicted molar refractivity (Wildman–Crippen MR) is 101 cm³/mol. The Balaban J connectivity index is 2.43. The number of ether oxygens (including phenoxy) is 3. The van der Waals surface area contributed by atoms with Crippen LogP contribution in [0, 0.1) is 10.1 Å². The molecular formula is C18H17Cl2NO5. The fraction of sp³-hybridized carbons (Fsp3) is 0.222. The first-order chi connectivity index (χ1) is 12.4. The van der Waals surface area contributed by atoms with E-state index in [1.54, 1.807) is 30.3 Å². The van der Waals surface area contributed by atoms with Crippen molar-refractivity contribution in [3.63, 3.8) is 0 Å². The van der Waals surface area contributed by atoms with Crippen molar-refractivity contribution in [3.05, 3.63) is 67.3 Å². The van der Waals surface area contributed by atoms with E-state index in [1.165, 1.54) is 27.4 Å². The molecule has 0 radical (unpaired) electrons. The van der Waals surface area contributed by atoms with E-state index in [0.29, 0.717) is 38.4 Å². The van der Waals surface area contributed by atoms with Gasteiger partial charge in [-0.15, -0.1) is 0 Å². The number of benzene rings is 2. The Morgan fingerprint density at radius 2 is 1.65 bits per heavy atom. The van der Waals surface area contributed by atoms with Crippen LogP contribution in [-0.4, -0.2) is 26.3 Å². The van der Waals surface area contributed by atoms with Crippen LogP contribution >= 0.6 is 23.2 Å². The number of hydrogen-bond donors (Lipinski definition) is 0. The first-order valence-corrected chi connectivity index (χ1v) is 8.24. The highest BCUT2D eigenvalue weighted by Gasteiger charge is 2.18. The summed E-state index contributed by atoms with van der Waals surface area (Å²) in [4.78, 5) is 11.0. The van der Waals surface area contributed by atoms with Crippen LogP contribution in [0.1, 0.15) is 11.1 Å². The lowest BCUT2D eigenvalue weighted by Crippen LogP contribution is -2.04. The van der Waals surface area contributed by atoms with Gasteiger partial charge in [0.05, 0.1) is 42.7 Å². The number of methoxy groups -OCH3 is 3. The van der Waals surface area contributed by atoms with E-state index in [2.05, 4.69) is 0 Å². The van der Waals surface area contributed by atoms with Gasteiger partial charge in [-0.25, -0.2) is 0 Å². The summed E-state index contributed by atoms with van der Waals surface area (Å²) in [7, 11) is 4.47. The average molecular weight is 398 g/mol. The lowest BCUT2D eigenvalue weighted by Gasteiger charge is -2.13. The van der Waals surface area contributed by atoms with Gasteiger partial charge in [-0.1, -0.05) is 29.3 Å². The SMILES string of the molecule is COc1cc(C/C(=C/c2ccc(Cl)c(Cl)c2)[N+](=O)[O-])cc(OC)c1OC. The van der Waals surface area contributed by atoms with Crippen LogP contribution < -0.4 is 14.2 Å². The molecule has 0 bridgehead atoms. The van der Waals surface area contributed by atoms with Crippen molar-refractivity contribution < 1.29 is 19.1 Å². The second kappa shape index (κ2) is 8.78. The van der Waals surface area contributed by atoms with Gasteiger partial charge in [-0.3, -0.25) is 10.1 Å². The van der Waals surface area contributed by atoms with E-state index in [1.807, 2.05) is 0 Å². The smallest absolute Gasteiger partial charge is 0.251 e. The minimum absolute atomic E-state index is 0.0161. The molecule has 0 spiro atoms. The second-order valence-corrected chi connectivity index (χ2v) is 6.09. The topological polar surface area (TPSA) is 70.8 Å². The molecule has 0 aliphatic heterocycles. The largest absolute Gasteiger partial charge is 0.493 e. The molecule has 0 saturated carbocycles. The van der Waals surface area contributed by atoms with Gasteiger partial charge in [0.25, 0.3) is 5.70 Å². The van der Waals surface area contributed by atoms with Crippen LogP contribution in [-0.2, 0) is 6.42 Å². The van der Waals surface area contributed by atoms with Crippen molar-refractivity contribution >= 4 is 29.3 Å². The highest BCUT2D eigenvalue weighted by molar-refractivity contribution is 6.42. The quantitative estimate of drug-likeness (QED) is 0.491. The van der Waals surface area contributed by atoms with E-state index in [-0.39, 0.29) is 12.1 Å². The molecule has 6 nitrogen and oxygen atoms in total. The van der Waals surface area contributed by atoms with Crippen LogP contribution in [0.25, 0.3) is 6.08 Å². The molecule has 0 atom stereocenters. The third kappa shape index (κ3) is 4.59. The summed E-state index contributed by atoms with van der Waals surface area (Å²) < 4.78 is 15.8. The molecule has 0 saturated heterocycles. The summed E-state index contributed by atoms with van der Waals surface area (Å²) >= 11 is 11.9. The maximum atomic E-state index is 11.5. The van der Waals surface area contributed by atoms with Gasteiger partial charge in [0.1, 0.15) is 0 Å². The summed E-state index contributed by atoms with van der Waals surface area (Å²) in [5.41, 5.74) is 1.21. The molecule has 8 heteroatoms. The number of allylic oxidation sites excluding steroid dienone is 1. The maximum absolute atomic E-state index is 11.5. The summed E-state index contributed by atoms with van der Waals surface area (Å²) in [6.07, 6.45) is 1.51. The highest BCUT2D eigenvalue weighted by Crippen LogP contribution is 2.38. The van der Waals surface area contributed by atoms with E-state index in [9.17, 15) is 10.1 Å². The number of hydrogen-bond acceptors (Lipinski definition) is 5. The number of halogens is 2. The molecule has 0 aliphatic carbocycles. The van der Waals surface area contributed by atoms with Crippen molar-refractivity contribution in [1.82, 2.24) is 0 Å². The summed E-state index contributed by atoms with van der Waals surface area (Å²) in [5, 5.41) is 12.2. The Morgan fingerprint density at radius 3 is 2.12 bits per heavy atom. The van der Waals surface area contributed by atoms with Crippen LogP contribution in [0.2, 0.25) is 10.0 Å². The lowest BCUT2D eigenvalue weighted by molar-refractivity contribution is -0.425. The van der Waals surface area contributed by atoms with E-state index in [0.717, 1.165) is 0 Å². The first kappa shape index (κ1) is 19.9. The molecule has 0 N–H and O–H groups in total. The van der Waals surface area contributed by atoms with Crippen molar-refractivity contribution in [3.8, 4) is 17.2 Å². The molecule has 138 valence electrons. The zero-order valence-electron chi connectivity index (χ0n) is 14.4. The molecule has 2 aromatic rings. The molecule has 26 heavy (non-hydrogen) atoms. The molecular weight excluding hydrogens is 381 g/mol. The average Bonchev–Trinajstić information content (AvgIpc) is 2.63. The Labute approximate surface area is 161 Å². The van der Waals surface area contributed by atoms with Gasteiger partial charge in [-0.05, 0) is 35.4 Å². The van der Waals surface area contributed by atoms with Crippen LogP contribution in [0.4, 0.5) is 0 Å². The van der Waals surface area contributed by atoms with Gasteiger partial charge in [0.2, 0.25) is 5.75 Å². The van der Waals surface area contributed by atoms with Crippen molar-refractivity contribution in [2.24, 2.45) is 0 Å². The molecule has 0 fully saturated rings. The summed E-state index contributed by atoms with van der Waals surface area (Å²) in [6, 6.07) is 8.17. The third-order valence-corrected chi connectivity index (χ3v) is 4.36. The lowest BCUT2D eigenvalue weighted by atomic mass is 10.1. The van der Waals surface area contributed by atoms with Gasteiger partial charge < -0.3 is 14.2 Å². The first-order valence-electron chi connectivity index (χ1n) is 7.48. The van der Waals surface area contributed by atoms with Crippen molar-refractivity contribution in [1.29, 1.82) is 0 Å². The number of rotatable bonds is 7. The standard InChI is InChI=1S/C18H17Cl2NO5/c1-24-16-9-12(10-17(25-2)18(16)26-3)7-13(21(22)23)6-11-4-5-14(19)15(20)8-11/h4-6,8-10H,7H2,1-3H3/b13-6-. The zero-order chi connectivity index (χ0) is 19.3. The fourth-order valence-electron chi connectivity index (χ4n) is 2.41. The molecule has 0 aliphatic rings. The molecule has 0 unspecified atom stereocenters. The maximum Gasteiger partial charge on any atom is 0.251 e. The molecule has 0 heterocycles.